The number of benzene rings is 2. The van der Waals surface area contributed by atoms with Crippen molar-refractivity contribution in [2.24, 2.45) is 10.7 Å². The smallest absolute Gasteiger partial charge is 0.248 e. The fourth-order valence-electron chi connectivity index (χ4n) is 3.59. The Balaban J connectivity index is 2.04. The number of hydrogen-bond donors (Lipinski definition) is 2. The van der Waals surface area contributed by atoms with Crippen molar-refractivity contribution in [3.8, 4) is 22.6 Å². The predicted molar refractivity (Wildman–Crippen MR) is 117 cm³/mol. The van der Waals surface area contributed by atoms with Gasteiger partial charge in [-0.15, -0.1) is 0 Å². The standard InChI is InChI=1S/C23H20N4O4/c1-30-17-10-16-20(22(31-2)19(17)15-7-4-8-25-11-15)21(26-12-18(28)27-16)13-5-3-6-14(9-13)23(24)29/h3-11H,12H2,1-2H3,(H2,24,29)(H,27,28). The van der Waals surface area contributed by atoms with Gasteiger partial charge in [-0.1, -0.05) is 18.2 Å². The average Bonchev–Trinajstić information content (AvgIpc) is 2.96. The van der Waals surface area contributed by atoms with E-state index in [0.29, 0.717) is 45.2 Å². The lowest BCUT2D eigenvalue weighted by atomic mass is 9.93. The number of hydrogen-bond acceptors (Lipinski definition) is 6. The third-order valence-corrected chi connectivity index (χ3v) is 4.93. The number of primary amides is 1. The molecule has 0 bridgehead atoms. The maximum atomic E-state index is 12.4. The van der Waals surface area contributed by atoms with Gasteiger partial charge >= 0.3 is 0 Å². The Bertz CT molecular complexity index is 1210. The van der Waals surface area contributed by atoms with Gasteiger partial charge in [0, 0.05) is 35.2 Å². The Morgan fingerprint density at radius 2 is 1.87 bits per heavy atom. The van der Waals surface area contributed by atoms with Crippen LogP contribution in [0, 0.1) is 0 Å². The Labute approximate surface area is 178 Å². The summed E-state index contributed by atoms with van der Waals surface area (Å²) in [6.45, 7) is -0.0848. The van der Waals surface area contributed by atoms with Gasteiger partial charge in [0.2, 0.25) is 11.8 Å². The van der Waals surface area contributed by atoms with E-state index >= 15 is 0 Å². The molecule has 1 aromatic heterocycles. The largest absolute Gasteiger partial charge is 0.496 e. The first kappa shape index (κ1) is 20.1. The molecule has 3 N–H and O–H groups in total. The lowest BCUT2D eigenvalue weighted by molar-refractivity contribution is -0.114. The number of carbonyl (C=O) groups excluding carboxylic acids is 2. The Morgan fingerprint density at radius 1 is 1.06 bits per heavy atom. The molecule has 1 aliphatic heterocycles. The first-order chi connectivity index (χ1) is 15.0. The fourth-order valence-corrected chi connectivity index (χ4v) is 3.59. The number of nitrogens with zero attached hydrogens (tertiary/aromatic N) is 2. The van der Waals surface area contributed by atoms with Gasteiger partial charge in [0.1, 0.15) is 18.0 Å². The summed E-state index contributed by atoms with van der Waals surface area (Å²) in [5.74, 6) is 0.146. The molecular weight excluding hydrogens is 396 g/mol. The van der Waals surface area contributed by atoms with E-state index in [0.717, 1.165) is 5.56 Å². The highest BCUT2D eigenvalue weighted by Crippen LogP contribution is 2.45. The number of fused-ring (bicyclic) bond motifs is 1. The van der Waals surface area contributed by atoms with Crippen LogP contribution in [-0.2, 0) is 4.79 Å². The molecule has 4 rings (SSSR count). The number of aliphatic imine (C=N–C) groups is 1. The molecule has 0 saturated heterocycles. The van der Waals surface area contributed by atoms with Gasteiger partial charge in [-0.05, 0) is 18.2 Å². The van der Waals surface area contributed by atoms with E-state index in [1.165, 1.54) is 0 Å². The molecule has 0 aliphatic carbocycles. The number of carbonyl (C=O) groups is 2. The highest BCUT2D eigenvalue weighted by Gasteiger charge is 2.28. The SMILES string of the molecule is COc1cc2c(c(OC)c1-c1cccnc1)C(c1cccc(C(N)=O)c1)=NCC(=O)N2. The number of ether oxygens (including phenoxy) is 2. The summed E-state index contributed by atoms with van der Waals surface area (Å²) in [6, 6.07) is 12.2. The summed E-state index contributed by atoms with van der Waals surface area (Å²) in [5.41, 5.74) is 9.46. The number of aromatic nitrogens is 1. The molecule has 0 radical (unpaired) electrons. The molecule has 0 fully saturated rings. The third kappa shape index (κ3) is 3.71. The Hall–Kier alpha value is -4.20. The van der Waals surface area contributed by atoms with Crippen molar-refractivity contribution < 1.29 is 19.1 Å². The van der Waals surface area contributed by atoms with Crippen molar-refractivity contribution in [1.82, 2.24) is 4.98 Å². The summed E-state index contributed by atoms with van der Waals surface area (Å²) in [7, 11) is 3.09. The van der Waals surface area contributed by atoms with Crippen molar-refractivity contribution in [3.63, 3.8) is 0 Å². The number of rotatable bonds is 5. The summed E-state index contributed by atoms with van der Waals surface area (Å²) >= 11 is 0. The van der Waals surface area contributed by atoms with Gasteiger partial charge in [-0.2, -0.15) is 0 Å². The van der Waals surface area contributed by atoms with Crippen LogP contribution in [0.4, 0.5) is 5.69 Å². The topological polar surface area (TPSA) is 116 Å². The molecule has 0 atom stereocenters. The van der Waals surface area contributed by atoms with E-state index in [1.54, 1.807) is 56.9 Å². The maximum absolute atomic E-state index is 12.4. The number of methoxy groups -OCH3 is 2. The molecule has 0 unspecified atom stereocenters. The minimum absolute atomic E-state index is 0.0848. The van der Waals surface area contributed by atoms with E-state index in [-0.39, 0.29) is 12.5 Å². The van der Waals surface area contributed by atoms with Crippen LogP contribution in [0.25, 0.3) is 11.1 Å². The Kier molecular flexibility index (Phi) is 5.36. The van der Waals surface area contributed by atoms with E-state index in [2.05, 4.69) is 15.3 Å². The lowest BCUT2D eigenvalue weighted by Gasteiger charge is -2.21. The van der Waals surface area contributed by atoms with Crippen molar-refractivity contribution >= 4 is 23.2 Å². The molecule has 2 aromatic carbocycles. The van der Waals surface area contributed by atoms with Crippen LogP contribution in [0.2, 0.25) is 0 Å². The average molecular weight is 416 g/mol. The number of benzodiazepines with no additional fused rings is 1. The number of nitrogens with one attached hydrogen (secondary N) is 1. The second kappa shape index (κ2) is 8.27. The monoisotopic (exact) mass is 416 g/mol. The fraction of sp³-hybridized carbons (Fsp3) is 0.130. The van der Waals surface area contributed by atoms with Crippen LogP contribution in [-0.4, -0.2) is 43.3 Å². The van der Waals surface area contributed by atoms with E-state index in [9.17, 15) is 9.59 Å². The number of nitrogens with two attached hydrogens (primary N) is 1. The first-order valence-electron chi connectivity index (χ1n) is 9.47. The molecule has 1 aliphatic rings. The zero-order valence-electron chi connectivity index (χ0n) is 17.0. The minimum atomic E-state index is -0.553. The molecule has 156 valence electrons. The second-order valence-corrected chi connectivity index (χ2v) is 6.81. The van der Waals surface area contributed by atoms with Crippen molar-refractivity contribution in [2.45, 2.75) is 0 Å². The zero-order valence-corrected chi connectivity index (χ0v) is 17.0. The number of pyridine rings is 1. The first-order valence-corrected chi connectivity index (χ1v) is 9.47. The van der Waals surface area contributed by atoms with E-state index in [1.807, 2.05) is 12.1 Å². The summed E-state index contributed by atoms with van der Waals surface area (Å²) < 4.78 is 11.4. The van der Waals surface area contributed by atoms with Gasteiger partial charge in [0.15, 0.2) is 0 Å². The van der Waals surface area contributed by atoms with Gasteiger partial charge in [0.05, 0.1) is 36.7 Å². The molecule has 8 nitrogen and oxygen atoms in total. The normalized spacial score (nSPS) is 12.8. The van der Waals surface area contributed by atoms with Crippen LogP contribution < -0.4 is 20.5 Å². The molecule has 2 amide bonds. The summed E-state index contributed by atoms with van der Waals surface area (Å²) in [5, 5.41) is 2.87. The Morgan fingerprint density at radius 3 is 2.55 bits per heavy atom. The molecule has 0 saturated carbocycles. The van der Waals surface area contributed by atoms with Crippen LogP contribution in [0.1, 0.15) is 21.5 Å². The second-order valence-electron chi connectivity index (χ2n) is 6.81. The van der Waals surface area contributed by atoms with Gasteiger partial charge in [0.25, 0.3) is 0 Å². The van der Waals surface area contributed by atoms with Crippen LogP contribution in [0.15, 0.2) is 59.9 Å². The van der Waals surface area contributed by atoms with Crippen LogP contribution >= 0.6 is 0 Å². The molecule has 0 spiro atoms. The van der Waals surface area contributed by atoms with E-state index in [4.69, 9.17) is 15.2 Å². The predicted octanol–water partition coefficient (Wildman–Crippen LogP) is 2.65. The van der Waals surface area contributed by atoms with Crippen LogP contribution in [0.5, 0.6) is 11.5 Å². The van der Waals surface area contributed by atoms with Gasteiger partial charge in [-0.3, -0.25) is 19.6 Å². The lowest BCUT2D eigenvalue weighted by Crippen LogP contribution is -2.14. The zero-order chi connectivity index (χ0) is 22.0. The highest BCUT2D eigenvalue weighted by molar-refractivity contribution is 6.22. The van der Waals surface area contributed by atoms with Crippen molar-refractivity contribution in [3.05, 3.63) is 71.5 Å². The molecular formula is C23H20N4O4. The quantitative estimate of drug-likeness (QED) is 0.663. The molecule has 31 heavy (non-hydrogen) atoms. The number of amides is 2. The van der Waals surface area contributed by atoms with Gasteiger partial charge in [-0.25, -0.2) is 0 Å². The summed E-state index contributed by atoms with van der Waals surface area (Å²) in [4.78, 5) is 32.8. The summed E-state index contributed by atoms with van der Waals surface area (Å²) in [6.07, 6.45) is 3.38. The minimum Gasteiger partial charge on any atom is -0.496 e. The maximum Gasteiger partial charge on any atom is 0.248 e. The van der Waals surface area contributed by atoms with Crippen molar-refractivity contribution in [1.29, 1.82) is 0 Å². The molecule has 3 aromatic rings. The molecule has 2 heterocycles. The van der Waals surface area contributed by atoms with Crippen molar-refractivity contribution in [2.75, 3.05) is 26.1 Å². The van der Waals surface area contributed by atoms with Crippen LogP contribution in [0.3, 0.4) is 0 Å². The third-order valence-electron chi connectivity index (χ3n) is 4.93. The van der Waals surface area contributed by atoms with Gasteiger partial charge < -0.3 is 20.5 Å². The molecule has 8 heteroatoms. The van der Waals surface area contributed by atoms with E-state index < -0.39 is 5.91 Å². The number of anilines is 1. The highest BCUT2D eigenvalue weighted by atomic mass is 16.5.